The van der Waals surface area contributed by atoms with Gasteiger partial charge in [0.25, 0.3) is 0 Å². The van der Waals surface area contributed by atoms with Crippen molar-refractivity contribution in [2.45, 2.75) is 12.5 Å². The molecular formula is C8H2BrClF6O. The highest BCUT2D eigenvalue weighted by Crippen LogP contribution is 2.41. The molecule has 0 aliphatic heterocycles. The van der Waals surface area contributed by atoms with E-state index in [4.69, 9.17) is 11.6 Å². The van der Waals surface area contributed by atoms with Crippen LogP contribution in [0.25, 0.3) is 0 Å². The van der Waals surface area contributed by atoms with E-state index < -0.39 is 33.3 Å². The molecule has 0 fully saturated rings. The van der Waals surface area contributed by atoms with E-state index >= 15 is 0 Å². The fraction of sp³-hybridized carbons (Fsp3) is 0.250. The van der Waals surface area contributed by atoms with Crippen LogP contribution in [0.4, 0.5) is 26.3 Å². The molecule has 1 aromatic carbocycles. The van der Waals surface area contributed by atoms with E-state index in [0.29, 0.717) is 6.07 Å². The third-order valence-corrected chi connectivity index (χ3v) is 2.89. The predicted octanol–water partition coefficient (Wildman–Crippen LogP) is 5.02. The Hall–Kier alpha value is -0.630. The maximum atomic E-state index is 12.3. The third kappa shape index (κ3) is 3.95. The Morgan fingerprint density at radius 1 is 1.06 bits per heavy atom. The average Bonchev–Trinajstić information content (AvgIpc) is 2.08. The second-order valence-corrected chi connectivity index (χ2v) is 4.02. The number of halogens is 8. The summed E-state index contributed by atoms with van der Waals surface area (Å²) in [5.74, 6) is -1.04. The fourth-order valence-corrected chi connectivity index (χ4v) is 1.45. The molecule has 1 rings (SSSR count). The molecule has 0 atom stereocenters. The van der Waals surface area contributed by atoms with Crippen LogP contribution < -0.4 is 4.74 Å². The highest BCUT2D eigenvalue weighted by atomic mass is 79.9. The summed E-state index contributed by atoms with van der Waals surface area (Å²) < 4.78 is 75.7. The average molecular weight is 343 g/mol. The van der Waals surface area contributed by atoms with Crippen molar-refractivity contribution in [3.63, 3.8) is 0 Å². The Labute approximate surface area is 104 Å². The first-order valence-corrected chi connectivity index (χ1v) is 5.00. The van der Waals surface area contributed by atoms with Crippen LogP contribution in [0.1, 0.15) is 5.56 Å². The largest absolute Gasteiger partial charge is 0.573 e. The van der Waals surface area contributed by atoms with Gasteiger partial charge in [0.2, 0.25) is 0 Å². The molecule has 0 radical (unpaired) electrons. The van der Waals surface area contributed by atoms with E-state index in [1.807, 2.05) is 0 Å². The summed E-state index contributed by atoms with van der Waals surface area (Å²) in [6.45, 7) is 0. The van der Waals surface area contributed by atoms with Crippen molar-refractivity contribution in [1.82, 2.24) is 0 Å². The number of hydrogen-bond acceptors (Lipinski definition) is 1. The normalized spacial score (nSPS) is 12.7. The summed E-state index contributed by atoms with van der Waals surface area (Å²) in [5.41, 5.74) is -1.33. The highest BCUT2D eigenvalue weighted by Gasteiger charge is 2.36. The molecule has 0 aliphatic carbocycles. The summed E-state index contributed by atoms with van der Waals surface area (Å²) in [6.07, 6.45) is -9.91. The number of alkyl halides is 6. The molecular weight excluding hydrogens is 341 g/mol. The van der Waals surface area contributed by atoms with Crippen molar-refractivity contribution >= 4 is 27.5 Å². The van der Waals surface area contributed by atoms with Crippen molar-refractivity contribution in [2.24, 2.45) is 0 Å². The number of benzene rings is 1. The summed E-state index contributed by atoms with van der Waals surface area (Å²) in [7, 11) is 0. The molecule has 1 aromatic rings. The van der Waals surface area contributed by atoms with Gasteiger partial charge in [-0.25, -0.2) is 0 Å². The second-order valence-electron chi connectivity index (χ2n) is 2.82. The van der Waals surface area contributed by atoms with Gasteiger partial charge in [-0.3, -0.25) is 0 Å². The van der Waals surface area contributed by atoms with Crippen molar-refractivity contribution in [2.75, 3.05) is 0 Å². The van der Waals surface area contributed by atoms with Crippen LogP contribution >= 0.6 is 27.5 Å². The predicted molar refractivity (Wildman–Crippen MR) is 50.8 cm³/mol. The third-order valence-electron chi connectivity index (χ3n) is 1.55. The Balaban J connectivity index is 3.26. The van der Waals surface area contributed by atoms with Crippen LogP contribution in [0.3, 0.4) is 0 Å². The van der Waals surface area contributed by atoms with Crippen LogP contribution in [0.5, 0.6) is 5.75 Å². The summed E-state index contributed by atoms with van der Waals surface area (Å²) in [6, 6.07) is 0.707. The van der Waals surface area contributed by atoms with Crippen LogP contribution in [0.15, 0.2) is 16.6 Å². The molecule has 0 spiro atoms. The minimum atomic E-state index is -5.10. The highest BCUT2D eigenvalue weighted by molar-refractivity contribution is 9.10. The van der Waals surface area contributed by atoms with Gasteiger partial charge in [0, 0.05) is 0 Å². The molecule has 0 amide bonds. The molecule has 0 saturated heterocycles. The van der Waals surface area contributed by atoms with Gasteiger partial charge in [0.15, 0.2) is 0 Å². The standard InChI is InChI=1S/C8H2BrClF6O/c9-6-4(10)1-3(7(11,12)13)2-5(6)17-8(14,15)16/h1-2H. The van der Waals surface area contributed by atoms with Gasteiger partial charge < -0.3 is 4.74 Å². The van der Waals surface area contributed by atoms with Gasteiger partial charge >= 0.3 is 12.5 Å². The van der Waals surface area contributed by atoms with Gasteiger partial charge in [-0.05, 0) is 28.1 Å². The van der Waals surface area contributed by atoms with Crippen molar-refractivity contribution < 1.29 is 31.1 Å². The van der Waals surface area contributed by atoms with E-state index in [0.717, 1.165) is 0 Å². The van der Waals surface area contributed by atoms with Crippen molar-refractivity contribution in [3.05, 3.63) is 27.2 Å². The Morgan fingerprint density at radius 3 is 2.00 bits per heavy atom. The topological polar surface area (TPSA) is 9.23 Å². The first-order valence-electron chi connectivity index (χ1n) is 3.82. The Morgan fingerprint density at radius 2 is 1.59 bits per heavy atom. The summed E-state index contributed by atoms with van der Waals surface area (Å²) >= 11 is 7.97. The molecule has 0 aliphatic rings. The molecule has 9 heteroatoms. The van der Waals surface area contributed by atoms with E-state index in [2.05, 4.69) is 20.7 Å². The zero-order valence-corrected chi connectivity index (χ0v) is 9.93. The minimum absolute atomic E-state index is 0.212. The molecule has 0 unspecified atom stereocenters. The molecule has 0 bridgehead atoms. The molecule has 1 nitrogen and oxygen atoms in total. The summed E-state index contributed by atoms with van der Waals surface area (Å²) in [4.78, 5) is 0. The van der Waals surface area contributed by atoms with E-state index in [9.17, 15) is 26.3 Å². The molecule has 0 heterocycles. The van der Waals surface area contributed by atoms with Crippen LogP contribution in [0.2, 0.25) is 5.02 Å². The Bertz CT molecular complexity index is 427. The lowest BCUT2D eigenvalue weighted by Gasteiger charge is -2.14. The first kappa shape index (κ1) is 14.4. The SMILES string of the molecule is FC(F)(F)Oc1cc(C(F)(F)F)cc(Cl)c1Br. The summed E-state index contributed by atoms with van der Waals surface area (Å²) in [5, 5.41) is -0.529. The maximum Gasteiger partial charge on any atom is 0.573 e. The first-order chi connectivity index (χ1) is 7.50. The lowest BCUT2D eigenvalue weighted by atomic mass is 10.2. The number of hydrogen-bond donors (Lipinski definition) is 0. The lowest BCUT2D eigenvalue weighted by Crippen LogP contribution is -2.18. The Kier molecular flexibility index (Phi) is 3.87. The maximum absolute atomic E-state index is 12.3. The van der Waals surface area contributed by atoms with Gasteiger partial charge in [-0.2, -0.15) is 13.2 Å². The van der Waals surface area contributed by atoms with Crippen molar-refractivity contribution in [1.29, 1.82) is 0 Å². The van der Waals surface area contributed by atoms with E-state index in [-0.39, 0.29) is 6.07 Å². The number of ether oxygens (including phenoxy) is 1. The van der Waals surface area contributed by atoms with E-state index in [1.54, 1.807) is 0 Å². The lowest BCUT2D eigenvalue weighted by molar-refractivity contribution is -0.275. The van der Waals surface area contributed by atoms with Crippen molar-refractivity contribution in [3.8, 4) is 5.75 Å². The quantitative estimate of drug-likeness (QED) is 0.651. The molecule has 0 saturated carbocycles. The molecule has 96 valence electrons. The number of rotatable bonds is 1. The van der Waals surface area contributed by atoms with Gasteiger partial charge in [-0.1, -0.05) is 11.6 Å². The fourth-order valence-electron chi connectivity index (χ4n) is 0.926. The van der Waals surface area contributed by atoms with Gasteiger partial charge in [-0.15, -0.1) is 13.2 Å². The van der Waals surface area contributed by atoms with Gasteiger partial charge in [0.05, 0.1) is 15.1 Å². The van der Waals surface area contributed by atoms with E-state index in [1.165, 1.54) is 0 Å². The molecule has 17 heavy (non-hydrogen) atoms. The zero-order chi connectivity index (χ0) is 13.4. The monoisotopic (exact) mass is 342 g/mol. The minimum Gasteiger partial charge on any atom is -0.405 e. The van der Waals surface area contributed by atoms with Crippen LogP contribution in [-0.2, 0) is 6.18 Å². The van der Waals surface area contributed by atoms with Crippen LogP contribution in [0, 0.1) is 0 Å². The molecule has 0 N–H and O–H groups in total. The smallest absolute Gasteiger partial charge is 0.405 e. The second kappa shape index (κ2) is 4.56. The van der Waals surface area contributed by atoms with Gasteiger partial charge in [0.1, 0.15) is 5.75 Å². The molecule has 0 aromatic heterocycles. The zero-order valence-electron chi connectivity index (χ0n) is 7.59. The van der Waals surface area contributed by atoms with Crippen LogP contribution in [-0.4, -0.2) is 6.36 Å².